The van der Waals surface area contributed by atoms with E-state index in [2.05, 4.69) is 15.9 Å². The summed E-state index contributed by atoms with van der Waals surface area (Å²) in [6, 6.07) is 3.75. The van der Waals surface area contributed by atoms with Gasteiger partial charge in [-0.2, -0.15) is 0 Å². The minimum absolute atomic E-state index is 0.413. The Bertz CT molecular complexity index is 337. The second-order valence-electron chi connectivity index (χ2n) is 3.03. The van der Waals surface area contributed by atoms with Crippen LogP contribution in [0.5, 0.6) is 5.75 Å². The number of carbonyl (C=O) groups excluding carboxylic acids is 1. The van der Waals surface area contributed by atoms with Crippen LogP contribution in [0.15, 0.2) is 16.6 Å². The summed E-state index contributed by atoms with van der Waals surface area (Å²) in [4.78, 5) is 10.2. The number of hydrogen-bond donors (Lipinski definition) is 0. The van der Waals surface area contributed by atoms with Crippen LogP contribution in [0, 0.1) is 13.8 Å². The molecule has 0 N–H and O–H groups in total. The molecule has 0 radical (unpaired) electrons. The topological polar surface area (TPSA) is 49.4 Å². The molecule has 1 rings (SSSR count). The van der Waals surface area contributed by atoms with E-state index in [0.717, 1.165) is 15.6 Å². The highest BCUT2D eigenvalue weighted by Gasteiger charge is 2.05. The highest BCUT2D eigenvalue weighted by Crippen LogP contribution is 2.26. The monoisotopic (exact) mass is 257 g/mol. The lowest BCUT2D eigenvalue weighted by Crippen LogP contribution is -2.29. The number of halogens is 1. The van der Waals surface area contributed by atoms with Gasteiger partial charge in [-0.05, 0) is 37.1 Å². The quantitative estimate of drug-likeness (QED) is 0.818. The van der Waals surface area contributed by atoms with Crippen molar-refractivity contribution < 1.29 is 14.6 Å². The molecule has 0 saturated heterocycles. The fourth-order valence-electron chi connectivity index (χ4n) is 1.26. The number of benzene rings is 1. The third-order valence-electron chi connectivity index (χ3n) is 1.76. The maximum atomic E-state index is 10.2. The van der Waals surface area contributed by atoms with Crippen molar-refractivity contribution in [3.63, 3.8) is 0 Å². The largest absolute Gasteiger partial charge is 0.546 e. The van der Waals surface area contributed by atoms with Crippen molar-refractivity contribution in [3.05, 3.63) is 27.7 Å². The number of ether oxygens (including phenoxy) is 1. The lowest BCUT2D eigenvalue weighted by molar-refractivity contribution is -0.307. The molecule has 0 saturated carbocycles. The average molecular weight is 258 g/mol. The van der Waals surface area contributed by atoms with Gasteiger partial charge < -0.3 is 14.6 Å². The van der Waals surface area contributed by atoms with Crippen molar-refractivity contribution in [1.82, 2.24) is 0 Å². The minimum Gasteiger partial charge on any atom is -0.546 e. The van der Waals surface area contributed by atoms with Crippen molar-refractivity contribution >= 4 is 21.9 Å². The lowest BCUT2D eigenvalue weighted by atomic mass is 10.1. The second kappa shape index (κ2) is 4.46. The van der Waals surface area contributed by atoms with Crippen LogP contribution < -0.4 is 9.84 Å². The fourth-order valence-corrected chi connectivity index (χ4v) is 1.94. The van der Waals surface area contributed by atoms with Crippen molar-refractivity contribution in [2.75, 3.05) is 6.61 Å². The molecule has 4 heteroatoms. The van der Waals surface area contributed by atoms with Crippen LogP contribution in [-0.4, -0.2) is 12.6 Å². The molecule has 0 bridgehead atoms. The van der Waals surface area contributed by atoms with E-state index in [9.17, 15) is 9.90 Å². The molecule has 0 amide bonds. The maximum absolute atomic E-state index is 10.2. The van der Waals surface area contributed by atoms with Crippen LogP contribution in [0.1, 0.15) is 11.1 Å². The standard InChI is InChI=1S/C10H11BrO3/c1-6-3-8(11)4-7(2)10(6)14-5-9(12)13/h3-4H,5H2,1-2H3,(H,12,13)/p-1. The van der Waals surface area contributed by atoms with Crippen LogP contribution in [0.3, 0.4) is 0 Å². The van der Waals surface area contributed by atoms with Gasteiger partial charge in [0.05, 0.1) is 5.97 Å². The SMILES string of the molecule is Cc1cc(Br)cc(C)c1OCC(=O)[O-]. The molecule has 0 aliphatic heterocycles. The molecular formula is C10H10BrO3-. The van der Waals surface area contributed by atoms with Crippen LogP contribution in [0.4, 0.5) is 0 Å². The summed E-state index contributed by atoms with van der Waals surface area (Å²) >= 11 is 3.34. The molecule has 76 valence electrons. The van der Waals surface area contributed by atoms with Gasteiger partial charge in [-0.3, -0.25) is 0 Å². The van der Waals surface area contributed by atoms with Gasteiger partial charge in [0.2, 0.25) is 0 Å². The summed E-state index contributed by atoms with van der Waals surface area (Å²) in [5.41, 5.74) is 1.80. The van der Waals surface area contributed by atoms with Crippen molar-refractivity contribution in [2.24, 2.45) is 0 Å². The number of rotatable bonds is 3. The molecule has 0 fully saturated rings. The molecule has 1 aromatic rings. The molecule has 0 unspecified atom stereocenters. The first-order valence-corrected chi connectivity index (χ1v) is 4.89. The van der Waals surface area contributed by atoms with Crippen LogP contribution >= 0.6 is 15.9 Å². The molecule has 0 spiro atoms. The summed E-state index contributed by atoms with van der Waals surface area (Å²) in [6.07, 6.45) is 0. The summed E-state index contributed by atoms with van der Waals surface area (Å²) < 4.78 is 6.05. The van der Waals surface area contributed by atoms with E-state index in [-0.39, 0.29) is 0 Å². The second-order valence-corrected chi connectivity index (χ2v) is 3.95. The molecule has 0 aliphatic rings. The van der Waals surface area contributed by atoms with Gasteiger partial charge in [0, 0.05) is 4.47 Å². The van der Waals surface area contributed by atoms with E-state index in [4.69, 9.17) is 4.74 Å². The minimum atomic E-state index is -1.22. The van der Waals surface area contributed by atoms with Crippen molar-refractivity contribution in [3.8, 4) is 5.75 Å². The molecule has 0 aromatic heterocycles. The Balaban J connectivity index is 2.91. The Morgan fingerprint density at radius 2 is 1.93 bits per heavy atom. The fraction of sp³-hybridized carbons (Fsp3) is 0.300. The van der Waals surface area contributed by atoms with Crippen molar-refractivity contribution in [1.29, 1.82) is 0 Å². The summed E-state index contributed by atoms with van der Waals surface area (Å²) in [5, 5.41) is 10.2. The van der Waals surface area contributed by atoms with Gasteiger partial charge in [-0.1, -0.05) is 15.9 Å². The van der Waals surface area contributed by atoms with Gasteiger partial charge in [-0.15, -0.1) is 0 Å². The van der Waals surface area contributed by atoms with Gasteiger partial charge in [0.15, 0.2) is 0 Å². The van der Waals surface area contributed by atoms with E-state index in [1.807, 2.05) is 26.0 Å². The number of aliphatic carboxylic acids is 1. The first kappa shape index (κ1) is 11.0. The zero-order valence-electron chi connectivity index (χ0n) is 7.96. The predicted octanol–water partition coefficient (Wildman–Crippen LogP) is 1.19. The first-order chi connectivity index (χ1) is 6.50. The molecular weight excluding hydrogens is 248 g/mol. The molecule has 1 aromatic carbocycles. The Morgan fingerprint density at radius 1 is 1.43 bits per heavy atom. The normalized spacial score (nSPS) is 9.93. The van der Waals surface area contributed by atoms with Gasteiger partial charge in [-0.25, -0.2) is 0 Å². The predicted molar refractivity (Wildman–Crippen MR) is 54.1 cm³/mol. The van der Waals surface area contributed by atoms with Crippen LogP contribution in [-0.2, 0) is 4.79 Å². The smallest absolute Gasteiger partial charge is 0.128 e. The van der Waals surface area contributed by atoms with E-state index in [0.29, 0.717) is 5.75 Å². The number of hydrogen-bond acceptors (Lipinski definition) is 3. The zero-order chi connectivity index (χ0) is 10.7. The van der Waals surface area contributed by atoms with Crippen LogP contribution in [0.25, 0.3) is 0 Å². The van der Waals surface area contributed by atoms with E-state index in [1.165, 1.54) is 0 Å². The number of carboxylic acid groups (broad SMARTS) is 1. The third kappa shape index (κ3) is 2.73. The number of carbonyl (C=O) groups is 1. The zero-order valence-corrected chi connectivity index (χ0v) is 9.55. The average Bonchev–Trinajstić information content (AvgIpc) is 2.01. The maximum Gasteiger partial charge on any atom is 0.128 e. The van der Waals surface area contributed by atoms with Crippen molar-refractivity contribution in [2.45, 2.75) is 13.8 Å². The summed E-state index contributed by atoms with van der Waals surface area (Å²) in [5.74, 6) is -0.607. The van der Waals surface area contributed by atoms with E-state index >= 15 is 0 Å². The highest BCUT2D eigenvalue weighted by atomic mass is 79.9. The van der Waals surface area contributed by atoms with E-state index < -0.39 is 12.6 Å². The van der Waals surface area contributed by atoms with Gasteiger partial charge in [0.1, 0.15) is 12.4 Å². The molecule has 0 heterocycles. The van der Waals surface area contributed by atoms with Crippen LogP contribution in [0.2, 0.25) is 0 Å². The van der Waals surface area contributed by atoms with Gasteiger partial charge >= 0.3 is 0 Å². The summed E-state index contributed by atoms with van der Waals surface area (Å²) in [6.45, 7) is 3.31. The molecule has 0 aliphatic carbocycles. The Labute approximate surface area is 90.8 Å². The highest BCUT2D eigenvalue weighted by molar-refractivity contribution is 9.10. The Morgan fingerprint density at radius 3 is 2.36 bits per heavy atom. The van der Waals surface area contributed by atoms with E-state index in [1.54, 1.807) is 0 Å². The third-order valence-corrected chi connectivity index (χ3v) is 2.22. The number of aryl methyl sites for hydroxylation is 2. The lowest BCUT2D eigenvalue weighted by Gasteiger charge is -2.12. The molecule has 3 nitrogen and oxygen atoms in total. The first-order valence-electron chi connectivity index (χ1n) is 4.10. The Kier molecular flexibility index (Phi) is 3.52. The molecule has 0 atom stereocenters. The molecule has 14 heavy (non-hydrogen) atoms. The van der Waals surface area contributed by atoms with Gasteiger partial charge in [0.25, 0.3) is 0 Å². The number of carboxylic acids is 1. The summed E-state index contributed by atoms with van der Waals surface area (Å²) in [7, 11) is 0. The Hall–Kier alpha value is -1.03.